The molecule has 14 heavy (non-hydrogen) atoms. The Morgan fingerprint density at radius 2 is 2.07 bits per heavy atom. The van der Waals surface area contributed by atoms with E-state index in [9.17, 15) is 14.0 Å². The van der Waals surface area contributed by atoms with Crippen LogP contribution in [-0.4, -0.2) is 46.4 Å². The highest BCUT2D eigenvalue weighted by Gasteiger charge is 2.43. The van der Waals surface area contributed by atoms with E-state index in [0.29, 0.717) is 0 Å². The van der Waals surface area contributed by atoms with Gasteiger partial charge in [-0.3, -0.25) is 4.79 Å². The predicted octanol–water partition coefficient (Wildman–Crippen LogP) is 0.799. The Morgan fingerprint density at radius 1 is 1.50 bits per heavy atom. The number of likely N-dealkylation sites (tertiary alicyclic amines) is 1. The van der Waals surface area contributed by atoms with Crippen LogP contribution < -0.4 is 0 Å². The van der Waals surface area contributed by atoms with Crippen LogP contribution in [0.4, 0.5) is 9.18 Å². The molecule has 0 aromatic carbocycles. The fourth-order valence-electron chi connectivity index (χ4n) is 1.64. The van der Waals surface area contributed by atoms with Crippen molar-refractivity contribution in [3.8, 4) is 0 Å². The molecule has 0 aromatic heterocycles. The molecule has 0 radical (unpaired) electrons. The molecule has 1 amide bonds. The van der Waals surface area contributed by atoms with Gasteiger partial charge in [0.15, 0.2) is 0 Å². The minimum absolute atomic E-state index is 0.133. The normalized spacial score (nSPS) is 32.7. The summed E-state index contributed by atoms with van der Waals surface area (Å²) < 4.78 is 13.1. The van der Waals surface area contributed by atoms with Gasteiger partial charge in [-0.05, 0) is 13.3 Å². The Hall–Kier alpha value is -1.33. The number of hydrogen-bond acceptors (Lipinski definition) is 2. The number of nitrogens with zero attached hydrogens (tertiary/aromatic N) is 1. The number of rotatable bonds is 1. The molecule has 6 heteroatoms. The van der Waals surface area contributed by atoms with Gasteiger partial charge >= 0.3 is 12.1 Å². The van der Waals surface area contributed by atoms with Gasteiger partial charge in [0, 0.05) is 6.54 Å². The number of halogens is 1. The lowest BCUT2D eigenvalue weighted by Gasteiger charge is -2.37. The molecule has 1 saturated heterocycles. The van der Waals surface area contributed by atoms with E-state index >= 15 is 0 Å². The van der Waals surface area contributed by atoms with Crippen molar-refractivity contribution in [2.75, 3.05) is 13.1 Å². The number of carbonyl (C=O) groups is 2. The average molecular weight is 205 g/mol. The van der Waals surface area contributed by atoms with Crippen LogP contribution in [-0.2, 0) is 4.79 Å². The van der Waals surface area contributed by atoms with Crippen LogP contribution in [0.5, 0.6) is 0 Å². The summed E-state index contributed by atoms with van der Waals surface area (Å²) in [5.41, 5.74) is -1.31. The molecular weight excluding hydrogens is 193 g/mol. The maximum Gasteiger partial charge on any atom is 0.407 e. The van der Waals surface area contributed by atoms with E-state index in [1.165, 1.54) is 6.92 Å². The van der Waals surface area contributed by atoms with Gasteiger partial charge in [-0.2, -0.15) is 0 Å². The molecule has 1 fully saturated rings. The van der Waals surface area contributed by atoms with E-state index in [0.717, 1.165) is 4.90 Å². The molecule has 0 aliphatic carbocycles. The molecule has 0 spiro atoms. The Labute approximate surface area is 80.1 Å². The third kappa shape index (κ3) is 1.94. The van der Waals surface area contributed by atoms with Crippen LogP contribution in [0.15, 0.2) is 0 Å². The summed E-state index contributed by atoms with van der Waals surface area (Å²) >= 11 is 0. The smallest absolute Gasteiger partial charge is 0.407 e. The quantitative estimate of drug-likeness (QED) is 0.663. The molecule has 80 valence electrons. The van der Waals surface area contributed by atoms with Crippen molar-refractivity contribution in [1.29, 1.82) is 0 Å². The van der Waals surface area contributed by atoms with Gasteiger partial charge in [-0.25, -0.2) is 9.18 Å². The van der Waals surface area contributed by atoms with E-state index in [-0.39, 0.29) is 19.5 Å². The summed E-state index contributed by atoms with van der Waals surface area (Å²) in [4.78, 5) is 22.2. The molecule has 1 aliphatic heterocycles. The second kappa shape index (κ2) is 3.43. The van der Waals surface area contributed by atoms with Crippen molar-refractivity contribution in [1.82, 2.24) is 4.90 Å². The lowest BCUT2D eigenvalue weighted by molar-refractivity contribution is -0.152. The summed E-state index contributed by atoms with van der Waals surface area (Å²) in [5, 5.41) is 17.5. The van der Waals surface area contributed by atoms with E-state index in [2.05, 4.69) is 0 Å². The first kappa shape index (κ1) is 10.7. The van der Waals surface area contributed by atoms with Crippen molar-refractivity contribution in [3.63, 3.8) is 0 Å². The molecule has 0 aromatic rings. The summed E-state index contributed by atoms with van der Waals surface area (Å²) in [5.74, 6) is -1.16. The van der Waals surface area contributed by atoms with Gasteiger partial charge < -0.3 is 15.1 Å². The third-order valence-corrected chi connectivity index (χ3v) is 2.42. The third-order valence-electron chi connectivity index (χ3n) is 2.42. The van der Waals surface area contributed by atoms with E-state index in [4.69, 9.17) is 10.2 Å². The lowest BCUT2D eigenvalue weighted by Crippen LogP contribution is -2.52. The molecular formula is C8H12FNO4. The van der Waals surface area contributed by atoms with Crippen LogP contribution in [0.2, 0.25) is 0 Å². The molecule has 1 aliphatic rings. The summed E-state index contributed by atoms with van der Waals surface area (Å²) in [6, 6.07) is 0. The zero-order valence-electron chi connectivity index (χ0n) is 7.73. The minimum atomic E-state index is -1.40. The molecule has 2 N–H and O–H groups in total. The van der Waals surface area contributed by atoms with Gasteiger partial charge in [0.1, 0.15) is 6.17 Å². The Bertz CT molecular complexity index is 270. The number of aliphatic carboxylic acids is 1. The maximum atomic E-state index is 13.1. The van der Waals surface area contributed by atoms with Crippen molar-refractivity contribution in [2.45, 2.75) is 19.5 Å². The Balaban J connectivity index is 2.81. The van der Waals surface area contributed by atoms with Crippen LogP contribution >= 0.6 is 0 Å². The molecule has 2 unspecified atom stereocenters. The highest BCUT2D eigenvalue weighted by Crippen LogP contribution is 2.31. The minimum Gasteiger partial charge on any atom is -0.481 e. The topological polar surface area (TPSA) is 77.8 Å². The predicted molar refractivity (Wildman–Crippen MR) is 44.9 cm³/mol. The van der Waals surface area contributed by atoms with Crippen molar-refractivity contribution >= 4 is 12.1 Å². The monoisotopic (exact) mass is 205 g/mol. The SMILES string of the molecule is CC1(C(=O)O)CC(F)CN(C(=O)O)C1. The summed E-state index contributed by atoms with van der Waals surface area (Å²) in [7, 11) is 0. The number of hydrogen-bond donors (Lipinski definition) is 2. The summed E-state index contributed by atoms with van der Waals surface area (Å²) in [6.07, 6.45) is -2.81. The Kier molecular flexibility index (Phi) is 2.64. The maximum absolute atomic E-state index is 13.1. The van der Waals surface area contributed by atoms with Gasteiger partial charge in [-0.15, -0.1) is 0 Å². The van der Waals surface area contributed by atoms with Crippen LogP contribution in [0.3, 0.4) is 0 Å². The van der Waals surface area contributed by atoms with Crippen molar-refractivity contribution < 1.29 is 24.2 Å². The first-order valence-corrected chi connectivity index (χ1v) is 4.20. The van der Waals surface area contributed by atoms with Gasteiger partial charge in [0.2, 0.25) is 0 Å². The van der Waals surface area contributed by atoms with E-state index in [1.54, 1.807) is 0 Å². The number of piperidine rings is 1. The average Bonchev–Trinajstić information content (AvgIpc) is 2.02. The number of carboxylic acid groups (broad SMARTS) is 2. The lowest BCUT2D eigenvalue weighted by atomic mass is 9.81. The first-order valence-electron chi connectivity index (χ1n) is 4.20. The van der Waals surface area contributed by atoms with Crippen LogP contribution in [0.25, 0.3) is 0 Å². The van der Waals surface area contributed by atoms with Crippen molar-refractivity contribution in [2.24, 2.45) is 5.41 Å². The highest BCUT2D eigenvalue weighted by molar-refractivity contribution is 5.76. The first-order chi connectivity index (χ1) is 6.35. The molecule has 0 saturated carbocycles. The number of carboxylic acids is 1. The van der Waals surface area contributed by atoms with E-state index < -0.39 is 23.6 Å². The zero-order valence-corrected chi connectivity index (χ0v) is 7.73. The van der Waals surface area contributed by atoms with Gasteiger partial charge in [0.05, 0.1) is 12.0 Å². The molecule has 2 atom stereocenters. The zero-order chi connectivity index (χ0) is 10.9. The van der Waals surface area contributed by atoms with Crippen LogP contribution in [0, 0.1) is 5.41 Å². The molecule has 1 heterocycles. The second-order valence-corrected chi connectivity index (χ2v) is 3.83. The Morgan fingerprint density at radius 3 is 2.50 bits per heavy atom. The summed E-state index contributed by atoms with van der Waals surface area (Å²) in [6.45, 7) is 0.966. The fourth-order valence-corrected chi connectivity index (χ4v) is 1.64. The van der Waals surface area contributed by atoms with Crippen LogP contribution in [0.1, 0.15) is 13.3 Å². The standard InChI is InChI=1S/C8H12FNO4/c1-8(6(11)12)2-5(9)3-10(4-8)7(13)14/h5H,2-4H2,1H3,(H,11,12)(H,13,14). The largest absolute Gasteiger partial charge is 0.481 e. The van der Waals surface area contributed by atoms with Gasteiger partial charge in [0.25, 0.3) is 0 Å². The molecule has 1 rings (SSSR count). The molecule has 5 nitrogen and oxygen atoms in total. The second-order valence-electron chi connectivity index (χ2n) is 3.83. The number of alkyl halides is 1. The number of amides is 1. The molecule has 0 bridgehead atoms. The van der Waals surface area contributed by atoms with E-state index in [1.807, 2.05) is 0 Å². The fraction of sp³-hybridized carbons (Fsp3) is 0.750. The van der Waals surface area contributed by atoms with Gasteiger partial charge in [-0.1, -0.05) is 0 Å². The highest BCUT2D eigenvalue weighted by atomic mass is 19.1. The van der Waals surface area contributed by atoms with Crippen molar-refractivity contribution in [3.05, 3.63) is 0 Å².